The van der Waals surface area contributed by atoms with Crippen LogP contribution in [0.1, 0.15) is 6.92 Å². The van der Waals surface area contributed by atoms with Crippen LogP contribution in [0.15, 0.2) is 0 Å². The Kier molecular flexibility index (Phi) is 4.35. The van der Waals surface area contributed by atoms with Crippen LogP contribution in [-0.2, 0) is 0 Å². The Morgan fingerprint density at radius 3 is 2.36 bits per heavy atom. The minimum absolute atomic E-state index is 0.652. The summed E-state index contributed by atoms with van der Waals surface area (Å²) in [6.07, 6.45) is 0. The first-order chi connectivity index (χ1) is 6.59. The maximum Gasteiger partial charge on any atom is 0.0923 e. The minimum Gasteiger partial charge on any atom is -0.363 e. The summed E-state index contributed by atoms with van der Waals surface area (Å²) in [5.41, 5.74) is 0. The van der Waals surface area contributed by atoms with Crippen molar-refractivity contribution < 1.29 is 0 Å². The third-order valence-corrected chi connectivity index (χ3v) is 2.92. The highest BCUT2D eigenvalue weighted by Crippen LogP contribution is 1.98. The van der Waals surface area contributed by atoms with Crippen molar-refractivity contribution >= 4 is 5.84 Å². The number of likely N-dealkylation sites (N-methyl/N-ethyl adjacent to an activating group) is 2. The van der Waals surface area contributed by atoms with E-state index in [2.05, 4.69) is 16.8 Å². The van der Waals surface area contributed by atoms with Gasteiger partial charge in [0.2, 0.25) is 0 Å². The molecule has 0 spiro atoms. The number of piperazine rings is 1. The Hall–Kier alpha value is -0.610. The molecule has 0 aliphatic carbocycles. The number of hydrogen-bond donors (Lipinski definition) is 1. The van der Waals surface area contributed by atoms with Gasteiger partial charge in [-0.2, -0.15) is 0 Å². The molecule has 1 aliphatic heterocycles. The van der Waals surface area contributed by atoms with Crippen molar-refractivity contribution in [2.45, 2.75) is 6.92 Å². The Labute approximate surface area is 87.0 Å². The van der Waals surface area contributed by atoms with Crippen molar-refractivity contribution in [1.29, 1.82) is 5.41 Å². The Balaban J connectivity index is 2.16. The van der Waals surface area contributed by atoms with Gasteiger partial charge in [0.15, 0.2) is 0 Å². The van der Waals surface area contributed by atoms with Crippen molar-refractivity contribution in [2.75, 3.05) is 53.4 Å². The van der Waals surface area contributed by atoms with Crippen LogP contribution >= 0.6 is 0 Å². The molecule has 0 aromatic carbocycles. The molecule has 1 heterocycles. The molecule has 0 bridgehead atoms. The highest BCUT2D eigenvalue weighted by Gasteiger charge is 2.13. The van der Waals surface area contributed by atoms with Gasteiger partial charge in [0.25, 0.3) is 0 Å². The summed E-state index contributed by atoms with van der Waals surface area (Å²) in [5.74, 6) is 0.652. The molecule has 1 rings (SSSR count). The number of amidine groups is 1. The fourth-order valence-corrected chi connectivity index (χ4v) is 1.53. The molecule has 0 unspecified atom stereocenters. The number of nitrogens with one attached hydrogen (secondary N) is 1. The van der Waals surface area contributed by atoms with E-state index < -0.39 is 0 Å². The second kappa shape index (κ2) is 5.32. The summed E-state index contributed by atoms with van der Waals surface area (Å²) in [4.78, 5) is 6.83. The standard InChI is InChI=1S/C10H22N4/c1-10(11)13(3)6-9-14-7-4-12(2)5-8-14/h11H,4-9H2,1-3H3. The minimum atomic E-state index is 0.652. The molecule has 4 heteroatoms. The molecule has 0 amide bonds. The van der Waals surface area contributed by atoms with Crippen LogP contribution in [0.25, 0.3) is 0 Å². The van der Waals surface area contributed by atoms with Crippen LogP contribution in [0.4, 0.5) is 0 Å². The molecule has 0 aromatic rings. The van der Waals surface area contributed by atoms with Crippen molar-refractivity contribution in [2.24, 2.45) is 0 Å². The van der Waals surface area contributed by atoms with E-state index in [-0.39, 0.29) is 0 Å². The summed E-state index contributed by atoms with van der Waals surface area (Å²) in [6.45, 7) is 8.58. The molecule has 1 fully saturated rings. The molecule has 0 atom stereocenters. The van der Waals surface area contributed by atoms with Crippen molar-refractivity contribution in [3.63, 3.8) is 0 Å². The van der Waals surface area contributed by atoms with Crippen molar-refractivity contribution in [3.8, 4) is 0 Å². The van der Waals surface area contributed by atoms with Gasteiger partial charge >= 0.3 is 0 Å². The predicted octanol–water partition coefficient (Wildman–Crippen LogP) is 0.163. The van der Waals surface area contributed by atoms with Gasteiger partial charge in [-0.25, -0.2) is 0 Å². The summed E-state index contributed by atoms with van der Waals surface area (Å²) < 4.78 is 0. The van der Waals surface area contributed by atoms with Gasteiger partial charge in [-0.15, -0.1) is 0 Å². The first-order valence-electron chi connectivity index (χ1n) is 5.27. The average Bonchev–Trinajstić information content (AvgIpc) is 2.16. The van der Waals surface area contributed by atoms with E-state index in [0.717, 1.165) is 13.1 Å². The number of nitrogens with zero attached hydrogens (tertiary/aromatic N) is 3. The Morgan fingerprint density at radius 2 is 1.86 bits per heavy atom. The van der Waals surface area contributed by atoms with Gasteiger partial charge in [-0.3, -0.25) is 10.3 Å². The summed E-state index contributed by atoms with van der Waals surface area (Å²) in [7, 11) is 4.16. The maximum atomic E-state index is 7.45. The summed E-state index contributed by atoms with van der Waals surface area (Å²) >= 11 is 0. The molecule has 0 radical (unpaired) electrons. The van der Waals surface area contributed by atoms with Gasteiger partial charge in [0.05, 0.1) is 5.84 Å². The Morgan fingerprint density at radius 1 is 1.29 bits per heavy atom. The van der Waals surface area contributed by atoms with Gasteiger partial charge < -0.3 is 9.80 Å². The van der Waals surface area contributed by atoms with E-state index in [1.54, 1.807) is 0 Å². The van der Waals surface area contributed by atoms with Crippen LogP contribution in [-0.4, -0.2) is 73.9 Å². The fourth-order valence-electron chi connectivity index (χ4n) is 1.53. The lowest BCUT2D eigenvalue weighted by Gasteiger charge is -2.33. The average molecular weight is 198 g/mol. The van der Waals surface area contributed by atoms with E-state index in [9.17, 15) is 0 Å². The third kappa shape index (κ3) is 3.64. The molecule has 1 saturated heterocycles. The number of rotatable bonds is 3. The monoisotopic (exact) mass is 198 g/mol. The van der Waals surface area contributed by atoms with E-state index >= 15 is 0 Å². The van der Waals surface area contributed by atoms with E-state index in [4.69, 9.17) is 5.41 Å². The van der Waals surface area contributed by atoms with Crippen molar-refractivity contribution in [1.82, 2.24) is 14.7 Å². The van der Waals surface area contributed by atoms with Gasteiger partial charge in [-0.05, 0) is 14.0 Å². The highest BCUT2D eigenvalue weighted by molar-refractivity contribution is 5.75. The largest absolute Gasteiger partial charge is 0.363 e. The predicted molar refractivity (Wildman–Crippen MR) is 60.0 cm³/mol. The first kappa shape index (κ1) is 11.5. The molecular weight excluding hydrogens is 176 g/mol. The lowest BCUT2D eigenvalue weighted by Crippen LogP contribution is -2.46. The van der Waals surface area contributed by atoms with Gasteiger partial charge in [0.1, 0.15) is 0 Å². The zero-order valence-electron chi connectivity index (χ0n) is 9.58. The lowest BCUT2D eigenvalue weighted by atomic mass is 10.3. The zero-order chi connectivity index (χ0) is 10.6. The van der Waals surface area contributed by atoms with Crippen LogP contribution in [0, 0.1) is 5.41 Å². The number of hydrogen-bond acceptors (Lipinski definition) is 3. The van der Waals surface area contributed by atoms with Crippen LogP contribution in [0.3, 0.4) is 0 Å². The normalized spacial score (nSPS) is 19.6. The SMILES string of the molecule is CC(=N)N(C)CCN1CCN(C)CC1. The van der Waals surface area contributed by atoms with Crippen molar-refractivity contribution in [3.05, 3.63) is 0 Å². The van der Waals surface area contributed by atoms with Crippen LogP contribution < -0.4 is 0 Å². The zero-order valence-corrected chi connectivity index (χ0v) is 9.58. The molecule has 0 saturated carbocycles. The second-order valence-electron chi connectivity index (χ2n) is 4.15. The topological polar surface area (TPSA) is 33.6 Å². The second-order valence-corrected chi connectivity index (χ2v) is 4.15. The smallest absolute Gasteiger partial charge is 0.0923 e. The Bertz CT molecular complexity index is 185. The van der Waals surface area contributed by atoms with Crippen LogP contribution in [0.2, 0.25) is 0 Å². The van der Waals surface area contributed by atoms with E-state index in [0.29, 0.717) is 5.84 Å². The molecule has 1 aliphatic rings. The molecule has 14 heavy (non-hydrogen) atoms. The molecule has 1 N–H and O–H groups in total. The van der Waals surface area contributed by atoms with E-state index in [1.165, 1.54) is 26.2 Å². The molecule has 4 nitrogen and oxygen atoms in total. The first-order valence-corrected chi connectivity index (χ1v) is 5.27. The fraction of sp³-hybridized carbons (Fsp3) is 0.900. The molecular formula is C10H22N4. The van der Waals surface area contributed by atoms with Gasteiger partial charge in [-0.1, -0.05) is 0 Å². The third-order valence-electron chi connectivity index (χ3n) is 2.92. The summed E-state index contributed by atoms with van der Waals surface area (Å²) in [6, 6.07) is 0. The lowest BCUT2D eigenvalue weighted by molar-refractivity contribution is 0.149. The van der Waals surface area contributed by atoms with Gasteiger partial charge in [0, 0.05) is 46.3 Å². The van der Waals surface area contributed by atoms with Crippen LogP contribution in [0.5, 0.6) is 0 Å². The molecule has 82 valence electrons. The summed E-state index contributed by atoms with van der Waals surface area (Å²) in [5, 5.41) is 7.45. The van der Waals surface area contributed by atoms with E-state index in [1.807, 2.05) is 18.9 Å². The quantitative estimate of drug-likeness (QED) is 0.518. The highest BCUT2D eigenvalue weighted by atomic mass is 15.3. The molecule has 0 aromatic heterocycles. The maximum absolute atomic E-state index is 7.45.